The third kappa shape index (κ3) is 1.90. The molecule has 0 unspecified atom stereocenters. The van der Waals surface area contributed by atoms with Crippen LogP contribution in [-0.2, 0) is 6.42 Å². The molecule has 0 atom stereocenters. The van der Waals surface area contributed by atoms with Gasteiger partial charge in [0.15, 0.2) is 0 Å². The SMILES string of the molecule is O/C=C/Cc1ccccn1. The van der Waals surface area contributed by atoms with Crippen molar-refractivity contribution in [3.63, 3.8) is 0 Å². The zero-order chi connectivity index (χ0) is 7.23. The Labute approximate surface area is 59.9 Å². The summed E-state index contributed by atoms with van der Waals surface area (Å²) in [5.41, 5.74) is 0.966. The van der Waals surface area contributed by atoms with Crippen LogP contribution in [0.3, 0.4) is 0 Å². The van der Waals surface area contributed by atoms with Crippen molar-refractivity contribution < 1.29 is 5.11 Å². The second kappa shape index (κ2) is 3.67. The van der Waals surface area contributed by atoms with Gasteiger partial charge in [0.2, 0.25) is 0 Å². The Morgan fingerprint density at radius 1 is 1.50 bits per heavy atom. The minimum absolute atomic E-state index is 0.692. The summed E-state index contributed by atoms with van der Waals surface area (Å²) in [5.74, 6) is 0. The Balaban J connectivity index is 2.59. The molecule has 0 saturated heterocycles. The highest BCUT2D eigenvalue weighted by molar-refractivity contribution is 5.06. The van der Waals surface area contributed by atoms with Crippen molar-refractivity contribution in [2.24, 2.45) is 0 Å². The van der Waals surface area contributed by atoms with Gasteiger partial charge in [-0.3, -0.25) is 4.98 Å². The predicted octanol–water partition coefficient (Wildman–Crippen LogP) is 1.70. The van der Waals surface area contributed by atoms with E-state index in [1.54, 1.807) is 12.3 Å². The lowest BCUT2D eigenvalue weighted by atomic mass is 10.3. The fraction of sp³-hybridized carbons (Fsp3) is 0.125. The predicted molar refractivity (Wildman–Crippen MR) is 39.7 cm³/mol. The Morgan fingerprint density at radius 3 is 3.00 bits per heavy atom. The highest BCUT2D eigenvalue weighted by Gasteiger charge is 1.85. The van der Waals surface area contributed by atoms with E-state index in [9.17, 15) is 0 Å². The summed E-state index contributed by atoms with van der Waals surface area (Å²) < 4.78 is 0. The third-order valence-electron chi connectivity index (χ3n) is 1.16. The zero-order valence-electron chi connectivity index (χ0n) is 5.57. The summed E-state index contributed by atoms with van der Waals surface area (Å²) in [6.45, 7) is 0. The number of hydrogen-bond acceptors (Lipinski definition) is 2. The molecule has 0 radical (unpaired) electrons. The van der Waals surface area contributed by atoms with Gasteiger partial charge in [-0.15, -0.1) is 0 Å². The molecule has 0 spiro atoms. The molecule has 0 aliphatic rings. The van der Waals surface area contributed by atoms with E-state index in [4.69, 9.17) is 5.11 Å². The number of nitrogens with zero attached hydrogens (tertiary/aromatic N) is 1. The molecule has 0 aliphatic carbocycles. The molecule has 0 saturated carbocycles. The van der Waals surface area contributed by atoms with Crippen LogP contribution in [0.2, 0.25) is 0 Å². The van der Waals surface area contributed by atoms with Gasteiger partial charge in [0, 0.05) is 18.3 Å². The molecule has 0 fully saturated rings. The smallest absolute Gasteiger partial charge is 0.0755 e. The molecular weight excluding hydrogens is 126 g/mol. The van der Waals surface area contributed by atoms with Crippen LogP contribution in [0.25, 0.3) is 0 Å². The van der Waals surface area contributed by atoms with E-state index < -0.39 is 0 Å². The van der Waals surface area contributed by atoms with Crippen molar-refractivity contribution in [1.82, 2.24) is 4.98 Å². The first-order valence-corrected chi connectivity index (χ1v) is 3.12. The molecule has 1 aromatic rings. The third-order valence-corrected chi connectivity index (χ3v) is 1.16. The number of aromatic nitrogens is 1. The van der Waals surface area contributed by atoms with Crippen LogP contribution in [0.4, 0.5) is 0 Å². The van der Waals surface area contributed by atoms with E-state index in [2.05, 4.69) is 4.98 Å². The molecule has 0 amide bonds. The fourth-order valence-corrected chi connectivity index (χ4v) is 0.692. The van der Waals surface area contributed by atoms with Crippen LogP contribution in [-0.4, -0.2) is 10.1 Å². The van der Waals surface area contributed by atoms with Gasteiger partial charge < -0.3 is 5.11 Å². The minimum atomic E-state index is 0.692. The summed E-state index contributed by atoms with van der Waals surface area (Å²) in [6, 6.07) is 5.71. The number of aliphatic hydroxyl groups excluding tert-OH is 1. The van der Waals surface area contributed by atoms with Crippen LogP contribution in [0.5, 0.6) is 0 Å². The molecule has 2 heteroatoms. The maximum Gasteiger partial charge on any atom is 0.0755 e. The average molecular weight is 135 g/mol. The molecule has 0 aromatic carbocycles. The summed E-state index contributed by atoms with van der Waals surface area (Å²) in [4.78, 5) is 4.05. The van der Waals surface area contributed by atoms with Crippen molar-refractivity contribution >= 4 is 0 Å². The van der Waals surface area contributed by atoms with Crippen LogP contribution in [0, 0.1) is 0 Å². The topological polar surface area (TPSA) is 33.1 Å². The van der Waals surface area contributed by atoms with Gasteiger partial charge in [-0.1, -0.05) is 6.07 Å². The largest absolute Gasteiger partial charge is 0.516 e. The fourth-order valence-electron chi connectivity index (χ4n) is 0.692. The normalized spacial score (nSPS) is 10.4. The minimum Gasteiger partial charge on any atom is -0.516 e. The molecule has 1 aromatic heterocycles. The number of hydrogen-bond donors (Lipinski definition) is 1. The molecule has 10 heavy (non-hydrogen) atoms. The highest BCUT2D eigenvalue weighted by Crippen LogP contribution is 1.94. The van der Waals surface area contributed by atoms with Gasteiger partial charge in [0.25, 0.3) is 0 Å². The monoisotopic (exact) mass is 135 g/mol. The molecule has 1 N–H and O–H groups in total. The highest BCUT2D eigenvalue weighted by atomic mass is 16.2. The quantitative estimate of drug-likeness (QED) is 0.626. The molecule has 1 rings (SSSR count). The van der Waals surface area contributed by atoms with Crippen molar-refractivity contribution in [2.75, 3.05) is 0 Å². The Kier molecular flexibility index (Phi) is 2.49. The Hall–Kier alpha value is -1.31. The molecule has 52 valence electrons. The summed E-state index contributed by atoms with van der Waals surface area (Å²) in [5, 5.41) is 8.32. The van der Waals surface area contributed by atoms with E-state index in [-0.39, 0.29) is 0 Å². The standard InChI is InChI=1S/C8H9NO/c10-7-3-5-8-4-1-2-6-9-8/h1-4,6-7,10H,5H2/b7-3+. The first-order valence-electron chi connectivity index (χ1n) is 3.12. The van der Waals surface area contributed by atoms with Crippen molar-refractivity contribution in [3.05, 3.63) is 42.4 Å². The van der Waals surface area contributed by atoms with Gasteiger partial charge in [-0.05, 0) is 18.2 Å². The van der Waals surface area contributed by atoms with E-state index >= 15 is 0 Å². The van der Waals surface area contributed by atoms with Gasteiger partial charge >= 0.3 is 0 Å². The zero-order valence-corrected chi connectivity index (χ0v) is 5.57. The van der Waals surface area contributed by atoms with E-state index in [1.165, 1.54) is 0 Å². The van der Waals surface area contributed by atoms with Gasteiger partial charge in [0.1, 0.15) is 0 Å². The van der Waals surface area contributed by atoms with Gasteiger partial charge in [-0.25, -0.2) is 0 Å². The van der Waals surface area contributed by atoms with Crippen molar-refractivity contribution in [1.29, 1.82) is 0 Å². The molecular formula is C8H9NO. The van der Waals surface area contributed by atoms with Gasteiger partial charge in [-0.2, -0.15) is 0 Å². The van der Waals surface area contributed by atoms with Crippen LogP contribution in [0.1, 0.15) is 5.69 Å². The number of aliphatic hydroxyl groups is 1. The maximum absolute atomic E-state index is 8.32. The summed E-state index contributed by atoms with van der Waals surface area (Å²) in [7, 11) is 0. The first-order chi connectivity index (χ1) is 4.93. The lowest BCUT2D eigenvalue weighted by Crippen LogP contribution is -1.83. The molecule has 1 heterocycles. The first kappa shape index (κ1) is 6.81. The second-order valence-corrected chi connectivity index (χ2v) is 1.91. The maximum atomic E-state index is 8.32. The number of pyridine rings is 1. The lowest BCUT2D eigenvalue weighted by molar-refractivity contribution is 0.471. The Bertz CT molecular complexity index is 206. The summed E-state index contributed by atoms with van der Waals surface area (Å²) in [6.07, 6.45) is 5.12. The van der Waals surface area contributed by atoms with Crippen LogP contribution < -0.4 is 0 Å². The van der Waals surface area contributed by atoms with Crippen molar-refractivity contribution in [3.8, 4) is 0 Å². The van der Waals surface area contributed by atoms with Crippen LogP contribution >= 0.6 is 0 Å². The van der Waals surface area contributed by atoms with Crippen molar-refractivity contribution in [2.45, 2.75) is 6.42 Å². The number of allylic oxidation sites excluding steroid dienone is 1. The summed E-state index contributed by atoms with van der Waals surface area (Å²) >= 11 is 0. The molecule has 2 nitrogen and oxygen atoms in total. The van der Waals surface area contributed by atoms with Gasteiger partial charge in [0.05, 0.1) is 6.26 Å². The second-order valence-electron chi connectivity index (χ2n) is 1.91. The molecule has 0 aliphatic heterocycles. The Morgan fingerprint density at radius 2 is 2.40 bits per heavy atom. The molecule has 0 bridgehead atoms. The number of rotatable bonds is 2. The van der Waals surface area contributed by atoms with E-state index in [1.807, 2.05) is 18.2 Å². The lowest BCUT2D eigenvalue weighted by Gasteiger charge is -1.90. The average Bonchev–Trinajstić information content (AvgIpc) is 2.03. The van der Waals surface area contributed by atoms with E-state index in [0.717, 1.165) is 12.0 Å². The van der Waals surface area contributed by atoms with E-state index in [0.29, 0.717) is 6.42 Å². The van der Waals surface area contributed by atoms with Crippen LogP contribution in [0.15, 0.2) is 36.7 Å².